The summed E-state index contributed by atoms with van der Waals surface area (Å²) in [4.78, 5) is 0. The fourth-order valence-corrected chi connectivity index (χ4v) is 1.58. The average Bonchev–Trinajstić information content (AvgIpc) is 2.42. The van der Waals surface area contributed by atoms with Gasteiger partial charge in [-0.05, 0) is 12.1 Å². The van der Waals surface area contributed by atoms with E-state index < -0.39 is 57.5 Å². The van der Waals surface area contributed by atoms with Crippen LogP contribution in [0.3, 0.4) is 0 Å². The van der Waals surface area contributed by atoms with E-state index in [4.69, 9.17) is 0 Å². The summed E-state index contributed by atoms with van der Waals surface area (Å²) in [6.07, 6.45) is 0. The Morgan fingerprint density at radius 1 is 0.550 bits per heavy atom. The Morgan fingerprint density at radius 3 is 1.15 bits per heavy atom. The smallest absolute Gasteiger partial charge is 0.204 e. The SMILES string of the molecule is Oc1c(-c2cc(F)c(F)c(F)c2O)cc(F)c(F)c1F. The van der Waals surface area contributed by atoms with Crippen LogP contribution < -0.4 is 0 Å². The predicted molar refractivity (Wildman–Crippen MR) is 55.0 cm³/mol. The fraction of sp³-hybridized carbons (Fsp3) is 0. The predicted octanol–water partition coefficient (Wildman–Crippen LogP) is 3.60. The molecule has 0 aliphatic carbocycles. The number of hydrogen-bond donors (Lipinski definition) is 2. The highest BCUT2D eigenvalue weighted by Crippen LogP contribution is 2.40. The maximum absolute atomic E-state index is 13.1. The third kappa shape index (κ3) is 1.93. The van der Waals surface area contributed by atoms with Crippen molar-refractivity contribution in [3.05, 3.63) is 47.0 Å². The highest BCUT2D eigenvalue weighted by atomic mass is 19.2. The van der Waals surface area contributed by atoms with Crippen LogP contribution in [0.4, 0.5) is 26.3 Å². The van der Waals surface area contributed by atoms with Gasteiger partial charge in [0.05, 0.1) is 0 Å². The molecule has 2 nitrogen and oxygen atoms in total. The van der Waals surface area contributed by atoms with Crippen LogP contribution in [-0.2, 0) is 0 Å². The summed E-state index contributed by atoms with van der Waals surface area (Å²) in [5, 5.41) is 18.6. The third-order valence-electron chi connectivity index (χ3n) is 2.56. The van der Waals surface area contributed by atoms with Gasteiger partial charge in [-0.15, -0.1) is 0 Å². The van der Waals surface area contributed by atoms with Crippen molar-refractivity contribution in [1.82, 2.24) is 0 Å². The van der Waals surface area contributed by atoms with Crippen molar-refractivity contribution >= 4 is 0 Å². The lowest BCUT2D eigenvalue weighted by Gasteiger charge is -2.10. The quantitative estimate of drug-likeness (QED) is 0.623. The minimum Gasteiger partial charge on any atom is -0.504 e. The molecule has 0 bridgehead atoms. The Balaban J connectivity index is 2.83. The van der Waals surface area contributed by atoms with Crippen molar-refractivity contribution in [3.63, 3.8) is 0 Å². The Bertz CT molecular complexity index is 653. The van der Waals surface area contributed by atoms with E-state index >= 15 is 0 Å². The number of halogens is 6. The van der Waals surface area contributed by atoms with E-state index in [2.05, 4.69) is 0 Å². The molecule has 2 rings (SSSR count). The van der Waals surface area contributed by atoms with Crippen LogP contribution in [0.1, 0.15) is 0 Å². The summed E-state index contributed by atoms with van der Waals surface area (Å²) in [5.74, 6) is -14.5. The second kappa shape index (κ2) is 4.62. The third-order valence-corrected chi connectivity index (χ3v) is 2.56. The van der Waals surface area contributed by atoms with E-state index in [-0.39, 0.29) is 12.1 Å². The van der Waals surface area contributed by atoms with Crippen LogP contribution in [0.5, 0.6) is 11.5 Å². The summed E-state index contributed by atoms with van der Waals surface area (Å²) >= 11 is 0. The average molecular weight is 294 g/mol. The Morgan fingerprint density at radius 2 is 0.850 bits per heavy atom. The first kappa shape index (κ1) is 14.0. The molecule has 2 N–H and O–H groups in total. The topological polar surface area (TPSA) is 40.5 Å². The van der Waals surface area contributed by atoms with Crippen LogP contribution in [0, 0.1) is 34.9 Å². The van der Waals surface area contributed by atoms with Gasteiger partial charge in [-0.2, -0.15) is 8.78 Å². The number of aromatic hydroxyl groups is 2. The van der Waals surface area contributed by atoms with Gasteiger partial charge in [0.25, 0.3) is 0 Å². The second-order valence-electron chi connectivity index (χ2n) is 3.77. The number of phenols is 2. The van der Waals surface area contributed by atoms with Gasteiger partial charge in [0.15, 0.2) is 34.8 Å². The molecule has 106 valence electrons. The van der Waals surface area contributed by atoms with Crippen molar-refractivity contribution in [3.8, 4) is 22.6 Å². The minimum atomic E-state index is -2.01. The van der Waals surface area contributed by atoms with Crippen molar-refractivity contribution in [2.24, 2.45) is 0 Å². The molecule has 20 heavy (non-hydrogen) atoms. The van der Waals surface area contributed by atoms with Crippen LogP contribution in [0.2, 0.25) is 0 Å². The Hall–Kier alpha value is -2.38. The van der Waals surface area contributed by atoms with Crippen LogP contribution in [0.15, 0.2) is 12.1 Å². The molecule has 0 unspecified atom stereocenters. The van der Waals surface area contributed by atoms with Crippen LogP contribution in [0.25, 0.3) is 11.1 Å². The first-order valence-corrected chi connectivity index (χ1v) is 4.99. The molecular weight excluding hydrogens is 290 g/mol. The number of rotatable bonds is 1. The summed E-state index contributed by atoms with van der Waals surface area (Å²) in [5.41, 5.74) is -1.87. The van der Waals surface area contributed by atoms with Gasteiger partial charge in [-0.25, -0.2) is 17.6 Å². The molecule has 0 spiro atoms. The van der Waals surface area contributed by atoms with Gasteiger partial charge < -0.3 is 10.2 Å². The molecule has 0 radical (unpaired) electrons. The van der Waals surface area contributed by atoms with Gasteiger partial charge >= 0.3 is 0 Å². The first-order chi connectivity index (χ1) is 9.25. The lowest BCUT2D eigenvalue weighted by molar-refractivity contribution is 0.382. The van der Waals surface area contributed by atoms with Crippen LogP contribution in [-0.4, -0.2) is 10.2 Å². The van der Waals surface area contributed by atoms with Gasteiger partial charge in [0.2, 0.25) is 11.6 Å². The van der Waals surface area contributed by atoms with Crippen molar-refractivity contribution in [1.29, 1.82) is 0 Å². The Labute approximate surface area is 107 Å². The molecular formula is C12H4F6O2. The lowest BCUT2D eigenvalue weighted by atomic mass is 10.0. The number of phenolic OH excluding ortho intramolecular Hbond substituents is 2. The van der Waals surface area contributed by atoms with Gasteiger partial charge in [-0.1, -0.05) is 0 Å². The fourth-order valence-electron chi connectivity index (χ4n) is 1.58. The second-order valence-corrected chi connectivity index (χ2v) is 3.77. The summed E-state index contributed by atoms with van der Waals surface area (Å²) < 4.78 is 78.0. The molecule has 0 heterocycles. The van der Waals surface area contributed by atoms with Gasteiger partial charge in [0, 0.05) is 11.1 Å². The minimum absolute atomic E-state index is 0.208. The molecule has 2 aromatic carbocycles. The van der Waals surface area contributed by atoms with E-state index in [1.165, 1.54) is 0 Å². The highest BCUT2D eigenvalue weighted by molar-refractivity contribution is 5.76. The number of benzene rings is 2. The summed E-state index contributed by atoms with van der Waals surface area (Å²) in [7, 11) is 0. The van der Waals surface area contributed by atoms with E-state index in [1.54, 1.807) is 0 Å². The molecule has 0 atom stereocenters. The number of hydrogen-bond acceptors (Lipinski definition) is 2. The van der Waals surface area contributed by atoms with Crippen molar-refractivity contribution in [2.45, 2.75) is 0 Å². The largest absolute Gasteiger partial charge is 0.504 e. The van der Waals surface area contributed by atoms with E-state index in [0.717, 1.165) is 0 Å². The standard InChI is InChI=1S/C12H4F6O2/c13-5-1-3(11(19)9(17)7(5)15)4-2-6(14)8(16)10(18)12(4)20/h1-2,19-20H. The van der Waals surface area contributed by atoms with Crippen LogP contribution >= 0.6 is 0 Å². The first-order valence-electron chi connectivity index (χ1n) is 4.99. The zero-order valence-corrected chi connectivity index (χ0v) is 9.32. The maximum Gasteiger partial charge on any atom is 0.204 e. The van der Waals surface area contributed by atoms with Gasteiger partial charge in [-0.3, -0.25) is 0 Å². The molecule has 0 saturated carbocycles. The lowest BCUT2D eigenvalue weighted by Crippen LogP contribution is -1.97. The summed E-state index contributed by atoms with van der Waals surface area (Å²) in [6.45, 7) is 0. The maximum atomic E-state index is 13.1. The van der Waals surface area contributed by atoms with E-state index in [1.807, 2.05) is 0 Å². The normalized spacial score (nSPS) is 10.9. The molecule has 0 fully saturated rings. The Kier molecular flexibility index (Phi) is 3.24. The molecule has 2 aromatic rings. The monoisotopic (exact) mass is 294 g/mol. The molecule has 0 amide bonds. The zero-order chi connectivity index (χ0) is 15.2. The van der Waals surface area contributed by atoms with E-state index in [9.17, 15) is 36.6 Å². The molecule has 8 heteroatoms. The van der Waals surface area contributed by atoms with E-state index in [0.29, 0.717) is 0 Å². The zero-order valence-electron chi connectivity index (χ0n) is 9.32. The highest BCUT2D eigenvalue weighted by Gasteiger charge is 2.25. The molecule has 0 aromatic heterocycles. The van der Waals surface area contributed by atoms with Crippen molar-refractivity contribution < 1.29 is 36.6 Å². The summed E-state index contributed by atoms with van der Waals surface area (Å²) in [6, 6.07) is 0.416. The molecule has 0 aliphatic heterocycles. The van der Waals surface area contributed by atoms with Crippen molar-refractivity contribution in [2.75, 3.05) is 0 Å². The molecule has 0 saturated heterocycles. The van der Waals surface area contributed by atoms with Gasteiger partial charge in [0.1, 0.15) is 0 Å². The molecule has 0 aliphatic rings.